The fourth-order valence-electron chi connectivity index (χ4n) is 4.46. The molecule has 9 nitrogen and oxygen atoms in total. The highest BCUT2D eigenvalue weighted by atomic mass is 32.1. The molecule has 0 aliphatic carbocycles. The summed E-state index contributed by atoms with van der Waals surface area (Å²) in [6.45, 7) is 1.88. The molecular weight excluding hydrogens is 462 g/mol. The molecule has 2 aromatic carbocycles. The summed E-state index contributed by atoms with van der Waals surface area (Å²) in [5.74, 6) is 1.19. The van der Waals surface area contributed by atoms with Crippen LogP contribution in [-0.2, 0) is 13.0 Å². The van der Waals surface area contributed by atoms with Gasteiger partial charge in [-0.15, -0.1) is 5.10 Å². The van der Waals surface area contributed by atoms with Crippen molar-refractivity contribution in [3.63, 3.8) is 0 Å². The van der Waals surface area contributed by atoms with Crippen molar-refractivity contribution < 1.29 is 4.92 Å². The van der Waals surface area contributed by atoms with Gasteiger partial charge in [0, 0.05) is 30.6 Å². The van der Waals surface area contributed by atoms with Crippen molar-refractivity contribution in [3.8, 4) is 11.3 Å². The van der Waals surface area contributed by atoms with Crippen LogP contribution >= 0.6 is 11.5 Å². The van der Waals surface area contributed by atoms with Crippen LogP contribution in [0.2, 0.25) is 0 Å². The summed E-state index contributed by atoms with van der Waals surface area (Å²) in [6.07, 6.45) is 4.38. The molecule has 35 heavy (non-hydrogen) atoms. The summed E-state index contributed by atoms with van der Waals surface area (Å²) in [4.78, 5) is 22.2. The number of aromatic nitrogens is 4. The van der Waals surface area contributed by atoms with Gasteiger partial charge in [-0.05, 0) is 47.8 Å². The van der Waals surface area contributed by atoms with E-state index < -0.39 is 0 Å². The minimum Gasteiger partial charge on any atom is -0.360 e. The predicted molar refractivity (Wildman–Crippen MR) is 136 cm³/mol. The molecule has 0 amide bonds. The summed E-state index contributed by atoms with van der Waals surface area (Å²) < 4.78 is 3.89. The normalized spacial score (nSPS) is 14.1. The fourth-order valence-corrected chi connectivity index (χ4v) is 4.93. The molecule has 3 heterocycles. The maximum Gasteiger partial charge on any atom is 0.353 e. The van der Waals surface area contributed by atoms with Gasteiger partial charge in [-0.25, -0.2) is 9.97 Å². The van der Waals surface area contributed by atoms with Crippen LogP contribution in [0.5, 0.6) is 0 Å². The summed E-state index contributed by atoms with van der Waals surface area (Å²) in [5, 5.41) is 21.1. The van der Waals surface area contributed by atoms with Crippen LogP contribution in [0.15, 0.2) is 66.3 Å². The van der Waals surface area contributed by atoms with Crippen molar-refractivity contribution in [2.75, 3.05) is 23.3 Å². The van der Waals surface area contributed by atoms with E-state index in [2.05, 4.69) is 49.1 Å². The number of nitrogens with zero attached hydrogens (tertiary/aromatic N) is 6. The predicted octanol–water partition coefficient (Wildman–Crippen LogP) is 4.97. The van der Waals surface area contributed by atoms with Gasteiger partial charge in [-0.3, -0.25) is 10.1 Å². The summed E-state index contributed by atoms with van der Waals surface area (Å²) in [6, 6.07) is 18.3. The Morgan fingerprint density at radius 1 is 1.03 bits per heavy atom. The number of hydrogen-bond acceptors (Lipinski definition) is 9. The Morgan fingerprint density at radius 3 is 2.49 bits per heavy atom. The third-order valence-corrected chi connectivity index (χ3v) is 6.84. The lowest BCUT2D eigenvalue weighted by molar-refractivity contribution is -0.383. The lowest BCUT2D eigenvalue weighted by atomic mass is 9.90. The molecule has 0 radical (unpaired) electrons. The molecule has 0 spiro atoms. The zero-order valence-corrected chi connectivity index (χ0v) is 19.9. The summed E-state index contributed by atoms with van der Waals surface area (Å²) in [7, 11) is 0. The van der Waals surface area contributed by atoms with Crippen molar-refractivity contribution >= 4 is 28.9 Å². The van der Waals surface area contributed by atoms with Crippen molar-refractivity contribution in [2.45, 2.75) is 25.8 Å². The van der Waals surface area contributed by atoms with Crippen molar-refractivity contribution in [1.82, 2.24) is 19.6 Å². The highest BCUT2D eigenvalue weighted by molar-refractivity contribution is 7.03. The van der Waals surface area contributed by atoms with E-state index in [0.29, 0.717) is 18.3 Å². The molecule has 0 unspecified atom stereocenters. The van der Waals surface area contributed by atoms with E-state index in [1.165, 1.54) is 23.4 Å². The lowest BCUT2D eigenvalue weighted by Crippen LogP contribution is -2.35. The highest BCUT2D eigenvalue weighted by Crippen LogP contribution is 2.35. The van der Waals surface area contributed by atoms with Gasteiger partial charge in [0.15, 0.2) is 0 Å². The average Bonchev–Trinajstić information content (AvgIpc) is 3.44. The second-order valence-corrected chi connectivity index (χ2v) is 9.22. The first-order valence-corrected chi connectivity index (χ1v) is 12.4. The van der Waals surface area contributed by atoms with Crippen LogP contribution in [0.1, 0.15) is 24.0 Å². The van der Waals surface area contributed by atoms with E-state index in [0.717, 1.165) is 49.2 Å². The Bertz CT molecular complexity index is 1260. The minimum absolute atomic E-state index is 0.0702. The molecule has 0 bridgehead atoms. The second-order valence-electron chi connectivity index (χ2n) is 8.61. The van der Waals surface area contributed by atoms with E-state index in [9.17, 15) is 10.1 Å². The molecular formula is C25H25N7O2S. The maximum atomic E-state index is 12.0. The largest absolute Gasteiger partial charge is 0.360 e. The first kappa shape index (κ1) is 22.9. The Morgan fingerprint density at radius 2 is 1.80 bits per heavy atom. The van der Waals surface area contributed by atoms with Crippen LogP contribution in [0.25, 0.3) is 11.3 Å². The number of anilines is 2. The van der Waals surface area contributed by atoms with E-state index in [4.69, 9.17) is 0 Å². The molecule has 2 aromatic heterocycles. The van der Waals surface area contributed by atoms with Gasteiger partial charge in [-0.2, -0.15) is 0 Å². The monoisotopic (exact) mass is 487 g/mol. The van der Waals surface area contributed by atoms with Gasteiger partial charge in [0.25, 0.3) is 0 Å². The third kappa shape index (κ3) is 5.43. The number of benzene rings is 2. The average molecular weight is 488 g/mol. The van der Waals surface area contributed by atoms with E-state index in [-0.39, 0.29) is 16.4 Å². The Hall–Kier alpha value is -3.92. The van der Waals surface area contributed by atoms with Gasteiger partial charge in [0.1, 0.15) is 12.0 Å². The smallest absolute Gasteiger partial charge is 0.353 e. The van der Waals surface area contributed by atoms with E-state index >= 15 is 0 Å². The van der Waals surface area contributed by atoms with Gasteiger partial charge in [-0.1, -0.05) is 59.1 Å². The van der Waals surface area contributed by atoms with Gasteiger partial charge in [0.05, 0.1) is 4.92 Å². The lowest BCUT2D eigenvalue weighted by Gasteiger charge is -2.32. The Balaban J connectivity index is 1.25. The number of nitro groups is 1. The molecule has 4 aromatic rings. The Labute approximate surface area is 207 Å². The standard InChI is InChI=1S/C25H25N7O2S/c33-32(34)23-24(26-15-20-6-8-21(9-7-20)22-16-35-30-29-22)27-17-28-25(23)31-12-10-19(11-13-31)14-18-4-2-1-3-5-18/h1-9,16-17,19H,10-15H2,(H,26,27,28). The van der Waals surface area contributed by atoms with Crippen LogP contribution in [0.3, 0.4) is 0 Å². The topological polar surface area (TPSA) is 110 Å². The molecule has 1 fully saturated rings. The zero-order valence-electron chi connectivity index (χ0n) is 19.1. The van der Waals surface area contributed by atoms with Crippen molar-refractivity contribution in [3.05, 3.63) is 87.5 Å². The van der Waals surface area contributed by atoms with Crippen molar-refractivity contribution in [2.24, 2.45) is 5.92 Å². The molecule has 1 aliphatic heterocycles. The number of nitrogens with one attached hydrogen (secondary N) is 1. The fraction of sp³-hybridized carbons (Fsp3) is 0.280. The first-order valence-electron chi connectivity index (χ1n) is 11.6. The Kier molecular flexibility index (Phi) is 6.89. The molecule has 178 valence electrons. The van der Waals surface area contributed by atoms with E-state index in [1.807, 2.05) is 40.6 Å². The second kappa shape index (κ2) is 10.6. The van der Waals surface area contributed by atoms with Gasteiger partial charge < -0.3 is 10.2 Å². The maximum absolute atomic E-state index is 12.0. The molecule has 1 N–H and O–H groups in total. The first-order chi connectivity index (χ1) is 17.2. The van der Waals surface area contributed by atoms with Crippen LogP contribution < -0.4 is 10.2 Å². The minimum atomic E-state index is -0.383. The van der Waals surface area contributed by atoms with Gasteiger partial charge in [0.2, 0.25) is 11.6 Å². The molecule has 1 saturated heterocycles. The van der Waals surface area contributed by atoms with E-state index in [1.54, 1.807) is 0 Å². The summed E-state index contributed by atoms with van der Waals surface area (Å²) in [5.41, 5.74) is 4.06. The molecule has 5 rings (SSSR count). The molecule has 1 aliphatic rings. The SMILES string of the molecule is O=[N+]([O-])c1c(NCc2ccc(-c3csnn3)cc2)ncnc1N1CCC(Cc2ccccc2)CC1. The molecule has 0 atom stereocenters. The third-order valence-electron chi connectivity index (χ3n) is 6.34. The van der Waals surface area contributed by atoms with Crippen LogP contribution in [0.4, 0.5) is 17.3 Å². The molecule has 0 saturated carbocycles. The molecule has 10 heteroatoms. The van der Waals surface area contributed by atoms with Crippen molar-refractivity contribution in [1.29, 1.82) is 0 Å². The van der Waals surface area contributed by atoms with Crippen LogP contribution in [0, 0.1) is 16.0 Å². The highest BCUT2D eigenvalue weighted by Gasteiger charge is 2.29. The van der Waals surface area contributed by atoms with Gasteiger partial charge >= 0.3 is 5.69 Å². The number of hydrogen-bond donors (Lipinski definition) is 1. The number of rotatable bonds is 8. The zero-order chi connectivity index (χ0) is 24.0. The quantitative estimate of drug-likeness (QED) is 0.274. The summed E-state index contributed by atoms with van der Waals surface area (Å²) >= 11 is 1.31. The number of piperidine rings is 1. The van der Waals surface area contributed by atoms with Crippen LogP contribution in [-0.4, -0.2) is 37.6 Å².